The minimum absolute atomic E-state index is 0.120. The van der Waals surface area contributed by atoms with E-state index in [4.69, 9.17) is 9.84 Å². The first-order valence-corrected chi connectivity index (χ1v) is 7.89. The lowest BCUT2D eigenvalue weighted by atomic mass is 10.2. The maximum Gasteiger partial charge on any atom is 0.334 e. The van der Waals surface area contributed by atoms with E-state index < -0.39 is 22.1 Å². The zero-order valence-electron chi connectivity index (χ0n) is 11.9. The molecule has 1 heterocycles. The van der Waals surface area contributed by atoms with Crippen LogP contribution >= 0.6 is 0 Å². The highest BCUT2D eigenvalue weighted by molar-refractivity contribution is 7.89. The Bertz CT molecular complexity index is 629. The van der Waals surface area contributed by atoms with Crippen LogP contribution in [0.5, 0.6) is 0 Å². The monoisotopic (exact) mass is 314 g/mol. The lowest BCUT2D eigenvalue weighted by Crippen LogP contribution is -2.46. The molecule has 1 aromatic carbocycles. The number of ether oxygens (including phenoxy) is 1. The van der Waals surface area contributed by atoms with Crippen LogP contribution in [0.15, 0.2) is 29.2 Å². The molecule has 0 amide bonds. The molecule has 1 aliphatic heterocycles. The van der Waals surface area contributed by atoms with Gasteiger partial charge in [0, 0.05) is 20.6 Å². The number of anilines is 1. The van der Waals surface area contributed by atoms with Crippen LogP contribution in [-0.4, -0.2) is 63.7 Å². The van der Waals surface area contributed by atoms with Gasteiger partial charge >= 0.3 is 5.97 Å². The van der Waals surface area contributed by atoms with Crippen LogP contribution in [0.25, 0.3) is 0 Å². The summed E-state index contributed by atoms with van der Waals surface area (Å²) in [5.74, 6) is -1.05. The third-order valence-corrected chi connectivity index (χ3v) is 5.17. The lowest BCUT2D eigenvalue weighted by molar-refractivity contribution is -0.150. The van der Waals surface area contributed by atoms with Crippen molar-refractivity contribution in [2.45, 2.75) is 11.0 Å². The number of rotatable bonds is 4. The molecule has 0 saturated carbocycles. The number of carbonyl (C=O) groups is 1. The zero-order chi connectivity index (χ0) is 15.6. The molecule has 7 nitrogen and oxygen atoms in total. The van der Waals surface area contributed by atoms with Gasteiger partial charge < -0.3 is 14.7 Å². The van der Waals surface area contributed by atoms with Gasteiger partial charge in [-0.3, -0.25) is 0 Å². The van der Waals surface area contributed by atoms with E-state index in [1.807, 2.05) is 0 Å². The van der Waals surface area contributed by atoms with Crippen LogP contribution in [0, 0.1) is 0 Å². The number of benzene rings is 1. The maximum absolute atomic E-state index is 12.4. The fourth-order valence-corrected chi connectivity index (χ4v) is 3.26. The van der Waals surface area contributed by atoms with Gasteiger partial charge in [0.15, 0.2) is 6.10 Å². The lowest BCUT2D eigenvalue weighted by Gasteiger charge is -2.33. The molecule has 1 saturated heterocycles. The van der Waals surface area contributed by atoms with Gasteiger partial charge in [-0.1, -0.05) is 12.1 Å². The Labute approximate surface area is 123 Å². The van der Waals surface area contributed by atoms with Gasteiger partial charge in [0.1, 0.15) is 4.90 Å². The van der Waals surface area contributed by atoms with Gasteiger partial charge in [-0.05, 0) is 12.1 Å². The number of carboxylic acid groups (broad SMARTS) is 1. The van der Waals surface area contributed by atoms with Crippen molar-refractivity contribution in [3.63, 3.8) is 0 Å². The molecule has 8 heteroatoms. The fraction of sp³-hybridized carbons (Fsp3) is 0.462. The molecule has 0 radical (unpaired) electrons. The van der Waals surface area contributed by atoms with E-state index in [-0.39, 0.29) is 18.0 Å². The van der Waals surface area contributed by atoms with Crippen molar-refractivity contribution < 1.29 is 23.1 Å². The minimum atomic E-state index is -3.59. The molecule has 1 fully saturated rings. The highest BCUT2D eigenvalue weighted by Gasteiger charge is 2.30. The fourth-order valence-electron chi connectivity index (χ4n) is 2.15. The highest BCUT2D eigenvalue weighted by atomic mass is 32.2. The summed E-state index contributed by atoms with van der Waals surface area (Å²) >= 11 is 0. The highest BCUT2D eigenvalue weighted by Crippen LogP contribution is 2.28. The van der Waals surface area contributed by atoms with Gasteiger partial charge in [-0.15, -0.1) is 0 Å². The van der Waals surface area contributed by atoms with Crippen LogP contribution < -0.4 is 4.90 Å². The second-order valence-electron chi connectivity index (χ2n) is 4.90. The Hall–Kier alpha value is -1.64. The first-order chi connectivity index (χ1) is 9.84. The molecule has 1 atom stereocenters. The molecular formula is C13H18N2O5S. The van der Waals surface area contributed by atoms with Crippen molar-refractivity contribution in [3.8, 4) is 0 Å². The second-order valence-corrected chi connectivity index (χ2v) is 7.02. The van der Waals surface area contributed by atoms with E-state index in [0.29, 0.717) is 12.2 Å². The van der Waals surface area contributed by atoms with Crippen LogP contribution in [0.4, 0.5) is 5.69 Å². The molecule has 0 aromatic heterocycles. The predicted octanol–water partition coefficient (Wildman–Crippen LogP) is 0.227. The van der Waals surface area contributed by atoms with E-state index in [0.717, 1.165) is 4.31 Å². The van der Waals surface area contributed by atoms with E-state index in [2.05, 4.69) is 0 Å². The van der Waals surface area contributed by atoms with Crippen LogP contribution in [0.3, 0.4) is 0 Å². The minimum Gasteiger partial charge on any atom is -0.479 e. The largest absolute Gasteiger partial charge is 0.479 e. The average Bonchev–Trinajstić information content (AvgIpc) is 2.47. The topological polar surface area (TPSA) is 87.2 Å². The predicted molar refractivity (Wildman–Crippen MR) is 76.9 cm³/mol. The third-order valence-electron chi connectivity index (χ3n) is 3.31. The Kier molecular flexibility index (Phi) is 4.50. The third kappa shape index (κ3) is 3.17. The molecular weight excluding hydrogens is 296 g/mol. The van der Waals surface area contributed by atoms with Gasteiger partial charge in [-0.2, -0.15) is 0 Å². The maximum atomic E-state index is 12.4. The molecule has 1 unspecified atom stereocenters. The van der Waals surface area contributed by atoms with Crippen molar-refractivity contribution in [1.82, 2.24) is 4.31 Å². The summed E-state index contributed by atoms with van der Waals surface area (Å²) in [5.41, 5.74) is 0.501. The number of morpholine rings is 1. The Balaban J connectivity index is 2.39. The zero-order valence-corrected chi connectivity index (χ0v) is 12.7. The molecule has 2 rings (SSSR count). The SMILES string of the molecule is CN(C)S(=O)(=O)c1ccccc1N1CCOC(C(=O)O)C1. The van der Waals surface area contributed by atoms with E-state index in [1.165, 1.54) is 20.2 Å². The van der Waals surface area contributed by atoms with Crippen molar-refractivity contribution in [2.75, 3.05) is 38.7 Å². The average molecular weight is 314 g/mol. The Morgan fingerprint density at radius 2 is 2.05 bits per heavy atom. The normalized spacial score (nSPS) is 19.8. The Morgan fingerprint density at radius 1 is 1.38 bits per heavy atom. The molecule has 1 aromatic rings. The number of nitrogens with zero attached hydrogens (tertiary/aromatic N) is 2. The van der Waals surface area contributed by atoms with Crippen molar-refractivity contribution >= 4 is 21.7 Å². The molecule has 0 aliphatic carbocycles. The smallest absolute Gasteiger partial charge is 0.334 e. The number of hydrogen-bond acceptors (Lipinski definition) is 5. The quantitative estimate of drug-likeness (QED) is 0.856. The summed E-state index contributed by atoms with van der Waals surface area (Å²) in [4.78, 5) is 12.9. The second kappa shape index (κ2) is 6.00. The number of carboxylic acids is 1. The number of aliphatic carboxylic acids is 1. The summed E-state index contributed by atoms with van der Waals surface area (Å²) in [6, 6.07) is 6.58. The number of para-hydroxylation sites is 1. The summed E-state index contributed by atoms with van der Waals surface area (Å²) in [7, 11) is -0.664. The molecule has 0 bridgehead atoms. The van der Waals surface area contributed by atoms with E-state index in [9.17, 15) is 13.2 Å². The molecule has 1 aliphatic rings. The van der Waals surface area contributed by atoms with Crippen molar-refractivity contribution in [2.24, 2.45) is 0 Å². The van der Waals surface area contributed by atoms with Crippen LogP contribution in [0.2, 0.25) is 0 Å². The summed E-state index contributed by atoms with van der Waals surface area (Å²) in [5, 5.41) is 9.04. The summed E-state index contributed by atoms with van der Waals surface area (Å²) in [6.45, 7) is 0.812. The number of sulfonamides is 1. The van der Waals surface area contributed by atoms with Gasteiger partial charge in [0.05, 0.1) is 18.8 Å². The van der Waals surface area contributed by atoms with Crippen molar-refractivity contribution in [3.05, 3.63) is 24.3 Å². The molecule has 0 spiro atoms. The molecule has 1 N–H and O–H groups in total. The van der Waals surface area contributed by atoms with Gasteiger partial charge in [-0.25, -0.2) is 17.5 Å². The molecule has 116 valence electrons. The standard InChI is InChI=1S/C13H18N2O5S/c1-14(2)21(18,19)12-6-4-3-5-10(12)15-7-8-20-11(9-15)13(16)17/h3-6,11H,7-9H2,1-2H3,(H,16,17). The first kappa shape index (κ1) is 15.7. The van der Waals surface area contributed by atoms with E-state index in [1.54, 1.807) is 23.1 Å². The van der Waals surface area contributed by atoms with Crippen LogP contribution in [-0.2, 0) is 19.6 Å². The van der Waals surface area contributed by atoms with Crippen LogP contribution in [0.1, 0.15) is 0 Å². The summed E-state index contributed by atoms with van der Waals surface area (Å²) in [6.07, 6.45) is -0.950. The van der Waals surface area contributed by atoms with Gasteiger partial charge in [0.25, 0.3) is 0 Å². The Morgan fingerprint density at radius 3 is 2.67 bits per heavy atom. The first-order valence-electron chi connectivity index (χ1n) is 6.45. The van der Waals surface area contributed by atoms with Gasteiger partial charge in [0.2, 0.25) is 10.0 Å². The molecule has 21 heavy (non-hydrogen) atoms. The number of hydrogen-bond donors (Lipinski definition) is 1. The van der Waals surface area contributed by atoms with E-state index >= 15 is 0 Å². The van der Waals surface area contributed by atoms with Crippen molar-refractivity contribution in [1.29, 1.82) is 0 Å². The summed E-state index contributed by atoms with van der Waals surface area (Å²) < 4.78 is 31.0.